The summed E-state index contributed by atoms with van der Waals surface area (Å²) in [4.78, 5) is 12.7. The number of benzene rings is 1. The molecular formula is C21H27NO3S. The van der Waals surface area contributed by atoms with Crippen molar-refractivity contribution in [3.8, 4) is 11.5 Å². The minimum absolute atomic E-state index is 0.216. The number of ketones is 1. The number of hydrogen-bond donors (Lipinski definition) is 0. The van der Waals surface area contributed by atoms with Gasteiger partial charge in [0, 0.05) is 28.7 Å². The van der Waals surface area contributed by atoms with Gasteiger partial charge in [0.25, 0.3) is 0 Å². The third kappa shape index (κ3) is 3.78. The van der Waals surface area contributed by atoms with E-state index in [1.807, 2.05) is 12.1 Å². The lowest BCUT2D eigenvalue weighted by atomic mass is 10.1. The number of methoxy groups -OCH3 is 2. The van der Waals surface area contributed by atoms with Crippen LogP contribution >= 0.6 is 11.8 Å². The molecule has 1 saturated carbocycles. The van der Waals surface area contributed by atoms with Gasteiger partial charge in [-0.1, -0.05) is 0 Å². The quantitative estimate of drug-likeness (QED) is 0.618. The summed E-state index contributed by atoms with van der Waals surface area (Å²) in [7, 11) is 3.28. The fourth-order valence-corrected chi connectivity index (χ4v) is 4.44. The van der Waals surface area contributed by atoms with Crippen LogP contribution in [0.1, 0.15) is 51.8 Å². The number of thioether (sulfide) groups is 1. The highest BCUT2D eigenvalue weighted by Gasteiger charge is 2.28. The van der Waals surface area contributed by atoms with Crippen LogP contribution in [0.15, 0.2) is 18.2 Å². The van der Waals surface area contributed by atoms with Gasteiger partial charge in [-0.25, -0.2) is 0 Å². The van der Waals surface area contributed by atoms with Gasteiger partial charge in [0.05, 0.1) is 20.0 Å². The van der Waals surface area contributed by atoms with Crippen LogP contribution in [0.2, 0.25) is 0 Å². The van der Waals surface area contributed by atoms with E-state index in [0.29, 0.717) is 11.8 Å². The first-order chi connectivity index (χ1) is 12.5. The lowest BCUT2D eigenvalue weighted by Crippen LogP contribution is -2.06. The smallest absolute Gasteiger partial charge is 0.174 e. The molecule has 3 rings (SSSR count). The summed E-state index contributed by atoms with van der Waals surface area (Å²) in [6.45, 7) is 6.23. The Morgan fingerprint density at radius 1 is 1.12 bits per heavy atom. The van der Waals surface area contributed by atoms with E-state index in [-0.39, 0.29) is 5.78 Å². The molecule has 0 N–H and O–H groups in total. The van der Waals surface area contributed by atoms with Gasteiger partial charge in [0.1, 0.15) is 0 Å². The molecule has 1 aliphatic rings. The van der Waals surface area contributed by atoms with E-state index >= 15 is 0 Å². The molecule has 4 nitrogen and oxygen atoms in total. The first-order valence-electron chi connectivity index (χ1n) is 8.97. The average molecular weight is 374 g/mol. The molecule has 1 aromatic heterocycles. The summed E-state index contributed by atoms with van der Waals surface area (Å²) in [6, 6.07) is 6.65. The van der Waals surface area contributed by atoms with Gasteiger partial charge < -0.3 is 14.0 Å². The molecule has 140 valence electrons. The lowest BCUT2D eigenvalue weighted by molar-refractivity contribution is 0.102. The standard InChI is InChI=1S/C21H27NO3S/c1-13-8-20(24-4)21(25-5)10-16(13)11-26-12-19(23)18-9-14(2)22(15(18)3)17-6-7-17/h8-10,17H,6-7,11-12H2,1-5H3. The molecule has 1 aromatic carbocycles. The second kappa shape index (κ2) is 7.78. The molecule has 1 aliphatic carbocycles. The Morgan fingerprint density at radius 2 is 1.77 bits per heavy atom. The van der Waals surface area contributed by atoms with E-state index in [1.165, 1.54) is 24.1 Å². The van der Waals surface area contributed by atoms with Gasteiger partial charge in [-0.3, -0.25) is 4.79 Å². The van der Waals surface area contributed by atoms with Crippen LogP contribution in [0.25, 0.3) is 0 Å². The zero-order valence-electron chi connectivity index (χ0n) is 16.2. The van der Waals surface area contributed by atoms with Crippen molar-refractivity contribution < 1.29 is 14.3 Å². The molecule has 0 amide bonds. The molecule has 1 fully saturated rings. The Hall–Kier alpha value is -1.88. The predicted octanol–water partition coefficient (Wildman–Crippen LogP) is 4.88. The van der Waals surface area contributed by atoms with Crippen LogP contribution < -0.4 is 9.47 Å². The first-order valence-corrected chi connectivity index (χ1v) is 10.1. The Labute approximate surface area is 159 Å². The molecule has 0 saturated heterocycles. The zero-order chi connectivity index (χ0) is 18.8. The minimum atomic E-state index is 0.216. The summed E-state index contributed by atoms with van der Waals surface area (Å²) in [6.07, 6.45) is 2.47. The van der Waals surface area contributed by atoms with E-state index in [1.54, 1.807) is 26.0 Å². The lowest BCUT2D eigenvalue weighted by Gasteiger charge is -2.12. The molecule has 0 unspecified atom stereocenters. The third-order valence-electron chi connectivity index (χ3n) is 5.03. The number of carbonyl (C=O) groups excluding carboxylic acids is 1. The zero-order valence-corrected chi connectivity index (χ0v) is 17.0. The Balaban J connectivity index is 1.65. The summed E-state index contributed by atoms with van der Waals surface area (Å²) in [5, 5.41) is 0. The molecule has 5 heteroatoms. The topological polar surface area (TPSA) is 40.5 Å². The summed E-state index contributed by atoms with van der Waals surface area (Å²) in [5.74, 6) is 2.95. The fraction of sp³-hybridized carbons (Fsp3) is 0.476. The van der Waals surface area contributed by atoms with E-state index in [9.17, 15) is 4.79 Å². The Morgan fingerprint density at radius 3 is 2.38 bits per heavy atom. The number of Topliss-reactive ketones (excluding diaryl/α,β-unsaturated/α-hetero) is 1. The molecule has 0 atom stereocenters. The normalized spacial score (nSPS) is 13.7. The number of rotatable bonds is 8. The van der Waals surface area contributed by atoms with Crippen LogP contribution in [-0.4, -0.2) is 30.3 Å². The SMILES string of the molecule is COc1cc(C)c(CSCC(=O)c2cc(C)n(C3CC3)c2C)cc1OC. The Bertz CT molecular complexity index is 821. The summed E-state index contributed by atoms with van der Waals surface area (Å²) >= 11 is 1.65. The van der Waals surface area contributed by atoms with Crippen molar-refractivity contribution in [2.75, 3.05) is 20.0 Å². The maximum absolute atomic E-state index is 12.7. The van der Waals surface area contributed by atoms with Gasteiger partial charge in [-0.2, -0.15) is 0 Å². The van der Waals surface area contributed by atoms with Crippen LogP contribution in [0.5, 0.6) is 11.5 Å². The monoisotopic (exact) mass is 373 g/mol. The van der Waals surface area contributed by atoms with Crippen LogP contribution in [0.4, 0.5) is 0 Å². The molecule has 0 aliphatic heterocycles. The second-order valence-electron chi connectivity index (χ2n) is 6.94. The maximum Gasteiger partial charge on any atom is 0.174 e. The average Bonchev–Trinajstić information content (AvgIpc) is 3.40. The Kier molecular flexibility index (Phi) is 5.66. The third-order valence-corrected chi connectivity index (χ3v) is 6.01. The number of hydrogen-bond acceptors (Lipinski definition) is 4. The molecule has 2 aromatic rings. The highest BCUT2D eigenvalue weighted by Crippen LogP contribution is 2.38. The summed E-state index contributed by atoms with van der Waals surface area (Å²) < 4.78 is 13.0. The fourth-order valence-electron chi connectivity index (χ4n) is 3.46. The highest BCUT2D eigenvalue weighted by atomic mass is 32.2. The predicted molar refractivity (Wildman–Crippen MR) is 107 cm³/mol. The highest BCUT2D eigenvalue weighted by molar-refractivity contribution is 7.99. The number of carbonyl (C=O) groups is 1. The van der Waals surface area contributed by atoms with Crippen molar-refractivity contribution >= 4 is 17.5 Å². The minimum Gasteiger partial charge on any atom is -0.493 e. The van der Waals surface area contributed by atoms with Gasteiger partial charge in [-0.15, -0.1) is 11.8 Å². The van der Waals surface area contributed by atoms with E-state index in [0.717, 1.165) is 34.1 Å². The number of nitrogens with zero attached hydrogens (tertiary/aromatic N) is 1. The molecular weight excluding hydrogens is 346 g/mol. The van der Waals surface area contributed by atoms with Crippen molar-refractivity contribution in [3.05, 3.63) is 46.3 Å². The molecule has 1 heterocycles. The van der Waals surface area contributed by atoms with Crippen LogP contribution in [0, 0.1) is 20.8 Å². The maximum atomic E-state index is 12.7. The van der Waals surface area contributed by atoms with Crippen molar-refractivity contribution in [2.24, 2.45) is 0 Å². The van der Waals surface area contributed by atoms with E-state index in [2.05, 4.69) is 31.4 Å². The van der Waals surface area contributed by atoms with Crippen LogP contribution in [-0.2, 0) is 5.75 Å². The van der Waals surface area contributed by atoms with Crippen LogP contribution in [0.3, 0.4) is 0 Å². The largest absolute Gasteiger partial charge is 0.493 e. The van der Waals surface area contributed by atoms with Crippen molar-refractivity contribution in [1.29, 1.82) is 0 Å². The molecule has 0 spiro atoms. The number of aromatic nitrogens is 1. The van der Waals surface area contributed by atoms with Crippen molar-refractivity contribution in [1.82, 2.24) is 4.57 Å². The second-order valence-corrected chi connectivity index (χ2v) is 7.92. The van der Waals surface area contributed by atoms with E-state index in [4.69, 9.17) is 9.47 Å². The van der Waals surface area contributed by atoms with Crippen molar-refractivity contribution in [2.45, 2.75) is 45.4 Å². The van der Waals surface area contributed by atoms with Gasteiger partial charge in [-0.05, 0) is 62.9 Å². The molecule has 0 radical (unpaired) electrons. The van der Waals surface area contributed by atoms with E-state index < -0.39 is 0 Å². The summed E-state index contributed by atoms with van der Waals surface area (Å²) in [5.41, 5.74) is 5.52. The van der Waals surface area contributed by atoms with Crippen molar-refractivity contribution in [3.63, 3.8) is 0 Å². The molecule has 26 heavy (non-hydrogen) atoms. The molecule has 0 bridgehead atoms. The number of aryl methyl sites for hydroxylation is 2. The van der Waals surface area contributed by atoms with Gasteiger partial charge in [0.2, 0.25) is 0 Å². The number of ether oxygens (including phenoxy) is 2. The van der Waals surface area contributed by atoms with Gasteiger partial charge in [0.15, 0.2) is 17.3 Å². The van der Waals surface area contributed by atoms with Gasteiger partial charge >= 0.3 is 0 Å². The first kappa shape index (κ1) is 18.9.